The Hall–Kier alpha value is -2.86. The number of amides is 1. The standard InChI is InChI=1S/C22H22FN3O2/c23-16-5-3-15(4-6-16)21-19-2-1-11-25(19)12-13-26(21)14-18-9-10-20(28-18)22(27)24-17-7-8-17/h1-6,9-11,17,21H,7-8,12-14H2,(H,24,27)/t21-/m1/s1. The maximum atomic E-state index is 13.4. The number of carbonyl (C=O) groups is 1. The van der Waals surface area contributed by atoms with Gasteiger partial charge in [0.1, 0.15) is 11.6 Å². The van der Waals surface area contributed by atoms with Crippen LogP contribution >= 0.6 is 0 Å². The fraction of sp³-hybridized carbons (Fsp3) is 0.318. The number of benzene rings is 1. The minimum Gasteiger partial charge on any atom is -0.455 e. The van der Waals surface area contributed by atoms with Gasteiger partial charge >= 0.3 is 0 Å². The Kier molecular flexibility index (Phi) is 4.28. The summed E-state index contributed by atoms with van der Waals surface area (Å²) in [5.41, 5.74) is 2.22. The predicted molar refractivity (Wildman–Crippen MR) is 102 cm³/mol. The van der Waals surface area contributed by atoms with Gasteiger partial charge in [0.05, 0.1) is 12.6 Å². The number of fused-ring (bicyclic) bond motifs is 1. The van der Waals surface area contributed by atoms with E-state index in [-0.39, 0.29) is 17.8 Å². The second-order valence-electron chi connectivity index (χ2n) is 7.56. The van der Waals surface area contributed by atoms with Crippen molar-refractivity contribution in [2.24, 2.45) is 0 Å². The predicted octanol–water partition coefficient (Wildman–Crippen LogP) is 3.72. The molecular weight excluding hydrogens is 357 g/mol. The quantitative estimate of drug-likeness (QED) is 0.735. The molecule has 5 rings (SSSR count). The first-order valence-electron chi connectivity index (χ1n) is 9.71. The molecule has 0 spiro atoms. The van der Waals surface area contributed by atoms with Crippen LogP contribution in [-0.2, 0) is 13.1 Å². The number of furan rings is 1. The van der Waals surface area contributed by atoms with Crippen LogP contribution in [0.1, 0.15) is 46.5 Å². The van der Waals surface area contributed by atoms with Gasteiger partial charge in [0.2, 0.25) is 0 Å². The van der Waals surface area contributed by atoms with E-state index in [0.29, 0.717) is 18.3 Å². The van der Waals surface area contributed by atoms with E-state index in [9.17, 15) is 9.18 Å². The molecule has 1 aliphatic heterocycles. The molecule has 5 nitrogen and oxygen atoms in total. The zero-order valence-electron chi connectivity index (χ0n) is 15.5. The van der Waals surface area contributed by atoms with E-state index >= 15 is 0 Å². The lowest BCUT2D eigenvalue weighted by Gasteiger charge is -2.36. The second kappa shape index (κ2) is 6.95. The van der Waals surface area contributed by atoms with E-state index in [2.05, 4.69) is 27.0 Å². The number of hydrogen-bond acceptors (Lipinski definition) is 3. The van der Waals surface area contributed by atoms with E-state index in [0.717, 1.165) is 37.3 Å². The van der Waals surface area contributed by atoms with Crippen LogP contribution in [0.2, 0.25) is 0 Å². The molecule has 144 valence electrons. The first-order valence-corrected chi connectivity index (χ1v) is 9.71. The average Bonchev–Trinajstić information content (AvgIpc) is 3.18. The molecule has 1 aliphatic carbocycles. The van der Waals surface area contributed by atoms with Crippen LogP contribution < -0.4 is 5.32 Å². The second-order valence-corrected chi connectivity index (χ2v) is 7.56. The molecule has 3 aromatic rings. The third-order valence-electron chi connectivity index (χ3n) is 5.48. The van der Waals surface area contributed by atoms with Gasteiger partial charge in [0.25, 0.3) is 5.91 Å². The number of rotatable bonds is 5. The van der Waals surface area contributed by atoms with E-state index in [1.165, 1.54) is 17.8 Å². The van der Waals surface area contributed by atoms with Crippen LogP contribution in [0, 0.1) is 5.82 Å². The van der Waals surface area contributed by atoms with Gasteiger partial charge in [-0.2, -0.15) is 0 Å². The Labute approximate surface area is 162 Å². The topological polar surface area (TPSA) is 50.4 Å². The van der Waals surface area contributed by atoms with Crippen LogP contribution in [0.25, 0.3) is 0 Å². The summed E-state index contributed by atoms with van der Waals surface area (Å²) >= 11 is 0. The third kappa shape index (κ3) is 3.36. The Morgan fingerprint density at radius 1 is 1.11 bits per heavy atom. The molecule has 1 atom stereocenters. The molecule has 3 heterocycles. The monoisotopic (exact) mass is 379 g/mol. The van der Waals surface area contributed by atoms with Gasteiger partial charge in [-0.3, -0.25) is 9.69 Å². The normalized spacial score (nSPS) is 19.4. The lowest BCUT2D eigenvalue weighted by Crippen LogP contribution is -2.37. The number of halogens is 1. The number of carbonyl (C=O) groups excluding carboxylic acids is 1. The minimum atomic E-state index is -0.237. The van der Waals surface area contributed by atoms with Gasteiger partial charge in [0.15, 0.2) is 5.76 Å². The molecule has 1 amide bonds. The molecule has 1 saturated carbocycles. The van der Waals surface area contributed by atoms with Gasteiger partial charge in [-0.1, -0.05) is 12.1 Å². The average molecular weight is 379 g/mol. The summed E-state index contributed by atoms with van der Waals surface area (Å²) in [6.45, 7) is 2.31. The first-order chi connectivity index (χ1) is 13.7. The van der Waals surface area contributed by atoms with Crippen molar-refractivity contribution in [3.05, 3.63) is 83.3 Å². The molecule has 0 unspecified atom stereocenters. The van der Waals surface area contributed by atoms with Crippen molar-refractivity contribution in [2.45, 2.75) is 38.0 Å². The van der Waals surface area contributed by atoms with Gasteiger partial charge in [-0.25, -0.2) is 4.39 Å². The molecule has 6 heteroatoms. The van der Waals surface area contributed by atoms with Gasteiger partial charge in [-0.15, -0.1) is 0 Å². The summed E-state index contributed by atoms with van der Waals surface area (Å²) in [6, 6.07) is 14.8. The zero-order valence-corrected chi connectivity index (χ0v) is 15.5. The molecule has 2 aromatic heterocycles. The van der Waals surface area contributed by atoms with Crippen molar-refractivity contribution in [1.29, 1.82) is 0 Å². The van der Waals surface area contributed by atoms with Crippen molar-refractivity contribution >= 4 is 5.91 Å². The maximum Gasteiger partial charge on any atom is 0.287 e. The molecule has 0 bridgehead atoms. The third-order valence-corrected chi connectivity index (χ3v) is 5.48. The summed E-state index contributed by atoms with van der Waals surface area (Å²) in [4.78, 5) is 14.5. The Bertz CT molecular complexity index is 987. The van der Waals surface area contributed by atoms with Crippen molar-refractivity contribution in [3.8, 4) is 0 Å². The number of aromatic nitrogens is 1. The summed E-state index contributed by atoms with van der Waals surface area (Å²) in [6.07, 6.45) is 4.18. The number of nitrogens with zero attached hydrogens (tertiary/aromatic N) is 2. The molecule has 0 radical (unpaired) electrons. The Morgan fingerprint density at radius 2 is 1.93 bits per heavy atom. The number of nitrogens with one attached hydrogen (secondary N) is 1. The van der Waals surface area contributed by atoms with E-state index < -0.39 is 0 Å². The molecule has 1 N–H and O–H groups in total. The highest BCUT2D eigenvalue weighted by Gasteiger charge is 2.30. The number of hydrogen-bond donors (Lipinski definition) is 1. The van der Waals surface area contributed by atoms with E-state index in [1.807, 2.05) is 24.3 Å². The highest BCUT2D eigenvalue weighted by Crippen LogP contribution is 2.33. The lowest BCUT2D eigenvalue weighted by molar-refractivity contribution is 0.0916. The zero-order chi connectivity index (χ0) is 19.1. The van der Waals surface area contributed by atoms with Crippen molar-refractivity contribution in [1.82, 2.24) is 14.8 Å². The van der Waals surface area contributed by atoms with Crippen LogP contribution in [0.3, 0.4) is 0 Å². The molecule has 1 fully saturated rings. The molecule has 1 aromatic carbocycles. The van der Waals surface area contributed by atoms with E-state index in [1.54, 1.807) is 6.07 Å². The SMILES string of the molecule is O=C(NC1CC1)c1ccc(CN2CCn3cccc3[C@H]2c2ccc(F)cc2)o1. The molecule has 2 aliphatic rings. The fourth-order valence-corrected chi connectivity index (χ4v) is 3.90. The summed E-state index contributed by atoms with van der Waals surface area (Å²) in [5.74, 6) is 0.740. The largest absolute Gasteiger partial charge is 0.455 e. The van der Waals surface area contributed by atoms with Crippen LogP contribution in [0.5, 0.6) is 0 Å². The Morgan fingerprint density at radius 3 is 2.71 bits per heavy atom. The molecule has 0 saturated heterocycles. The Balaban J connectivity index is 1.39. The van der Waals surface area contributed by atoms with Crippen molar-refractivity contribution in [2.75, 3.05) is 6.54 Å². The van der Waals surface area contributed by atoms with Crippen molar-refractivity contribution < 1.29 is 13.6 Å². The molecular formula is C22H22FN3O2. The van der Waals surface area contributed by atoms with Crippen molar-refractivity contribution in [3.63, 3.8) is 0 Å². The summed E-state index contributed by atoms with van der Waals surface area (Å²) in [5, 5.41) is 2.95. The van der Waals surface area contributed by atoms with Gasteiger partial charge in [-0.05, 0) is 54.8 Å². The van der Waals surface area contributed by atoms with Gasteiger partial charge < -0.3 is 14.3 Å². The highest BCUT2D eigenvalue weighted by molar-refractivity contribution is 5.91. The lowest BCUT2D eigenvalue weighted by atomic mass is 9.99. The van der Waals surface area contributed by atoms with Crippen LogP contribution in [-0.4, -0.2) is 28.0 Å². The van der Waals surface area contributed by atoms with Crippen LogP contribution in [0.4, 0.5) is 4.39 Å². The minimum absolute atomic E-state index is 0.0122. The first kappa shape index (κ1) is 17.3. The summed E-state index contributed by atoms with van der Waals surface area (Å²) in [7, 11) is 0. The van der Waals surface area contributed by atoms with E-state index in [4.69, 9.17) is 4.42 Å². The summed E-state index contributed by atoms with van der Waals surface area (Å²) < 4.78 is 21.5. The smallest absolute Gasteiger partial charge is 0.287 e. The van der Waals surface area contributed by atoms with Crippen LogP contribution in [0.15, 0.2) is 59.1 Å². The maximum absolute atomic E-state index is 13.4. The fourth-order valence-electron chi connectivity index (χ4n) is 3.90. The highest BCUT2D eigenvalue weighted by atomic mass is 19.1. The van der Waals surface area contributed by atoms with Gasteiger partial charge in [0, 0.05) is 31.0 Å². The molecule has 28 heavy (non-hydrogen) atoms.